The van der Waals surface area contributed by atoms with E-state index in [1.54, 1.807) is 7.11 Å². The highest BCUT2D eigenvalue weighted by Gasteiger charge is 2.14. The van der Waals surface area contributed by atoms with Gasteiger partial charge in [-0.3, -0.25) is 4.98 Å². The second-order valence-electron chi connectivity index (χ2n) is 5.23. The minimum absolute atomic E-state index is 0.271. The van der Waals surface area contributed by atoms with Crippen LogP contribution < -0.4 is 5.32 Å². The predicted molar refractivity (Wildman–Crippen MR) is 84.0 cm³/mol. The van der Waals surface area contributed by atoms with Gasteiger partial charge in [-0.25, -0.2) is 0 Å². The molecule has 0 saturated carbocycles. The van der Waals surface area contributed by atoms with Gasteiger partial charge in [-0.2, -0.15) is 0 Å². The lowest BCUT2D eigenvalue weighted by Crippen LogP contribution is -2.34. The Balaban J connectivity index is 2.19. The van der Waals surface area contributed by atoms with E-state index in [2.05, 4.69) is 48.4 Å². The van der Waals surface area contributed by atoms with Gasteiger partial charge in [0.05, 0.1) is 11.6 Å². The van der Waals surface area contributed by atoms with Crippen LogP contribution in [0.2, 0.25) is 0 Å². The summed E-state index contributed by atoms with van der Waals surface area (Å²) in [5.41, 5.74) is 2.42. The van der Waals surface area contributed by atoms with Crippen LogP contribution in [0, 0.1) is 0 Å². The Morgan fingerprint density at radius 3 is 2.80 bits per heavy atom. The van der Waals surface area contributed by atoms with E-state index in [1.165, 1.54) is 10.9 Å². The Morgan fingerprint density at radius 2 is 2.05 bits per heavy atom. The number of aromatic nitrogens is 1. The fourth-order valence-electron chi connectivity index (χ4n) is 2.62. The van der Waals surface area contributed by atoms with Gasteiger partial charge in [-0.05, 0) is 44.0 Å². The highest BCUT2D eigenvalue weighted by Crippen LogP contribution is 2.19. The first-order valence-corrected chi connectivity index (χ1v) is 7.33. The van der Waals surface area contributed by atoms with E-state index in [1.807, 2.05) is 12.3 Å². The zero-order chi connectivity index (χ0) is 14.4. The summed E-state index contributed by atoms with van der Waals surface area (Å²) in [7, 11) is 1.77. The number of nitrogens with one attached hydrogen (secondary N) is 1. The molecule has 0 aliphatic carbocycles. The monoisotopic (exact) mass is 272 g/mol. The van der Waals surface area contributed by atoms with Crippen molar-refractivity contribution in [2.45, 2.75) is 38.8 Å². The van der Waals surface area contributed by atoms with E-state index >= 15 is 0 Å². The first-order valence-electron chi connectivity index (χ1n) is 7.33. The van der Waals surface area contributed by atoms with Gasteiger partial charge in [-0.15, -0.1) is 0 Å². The zero-order valence-electron chi connectivity index (χ0n) is 12.6. The predicted octanol–water partition coefficient (Wildman–Crippen LogP) is 3.18. The first-order chi connectivity index (χ1) is 9.74. The van der Waals surface area contributed by atoms with E-state index in [4.69, 9.17) is 4.74 Å². The van der Waals surface area contributed by atoms with E-state index in [0.717, 1.165) is 24.9 Å². The summed E-state index contributed by atoms with van der Waals surface area (Å²) in [6.45, 7) is 5.24. The quantitative estimate of drug-likeness (QED) is 0.840. The third-order valence-corrected chi connectivity index (χ3v) is 3.72. The number of methoxy groups -OCH3 is 1. The molecule has 2 atom stereocenters. The molecule has 1 aromatic carbocycles. The molecule has 0 bridgehead atoms. The van der Waals surface area contributed by atoms with Crippen LogP contribution in [0.25, 0.3) is 10.9 Å². The number of para-hydroxylation sites is 1. The minimum atomic E-state index is 0.271. The molecule has 0 fully saturated rings. The Morgan fingerprint density at radius 1 is 1.25 bits per heavy atom. The molecule has 3 nitrogen and oxygen atoms in total. The highest BCUT2D eigenvalue weighted by molar-refractivity contribution is 5.81. The summed E-state index contributed by atoms with van der Waals surface area (Å²) in [6.07, 6.45) is 4.19. The molecule has 1 N–H and O–H groups in total. The number of hydrogen-bond donors (Lipinski definition) is 1. The molecular weight excluding hydrogens is 248 g/mol. The number of likely N-dealkylation sites (N-methyl/N-ethyl adjacent to an activating group) is 1. The van der Waals surface area contributed by atoms with Crippen LogP contribution in [0.4, 0.5) is 0 Å². The maximum absolute atomic E-state index is 5.40. The van der Waals surface area contributed by atoms with E-state index in [0.29, 0.717) is 6.04 Å². The molecule has 0 aliphatic rings. The van der Waals surface area contributed by atoms with Crippen molar-refractivity contribution in [2.24, 2.45) is 0 Å². The van der Waals surface area contributed by atoms with E-state index in [9.17, 15) is 0 Å². The third kappa shape index (κ3) is 3.78. The molecular formula is C17H24N2O. The van der Waals surface area contributed by atoms with Crippen molar-refractivity contribution >= 4 is 10.9 Å². The van der Waals surface area contributed by atoms with Crippen LogP contribution in [0.15, 0.2) is 36.5 Å². The molecule has 0 aliphatic heterocycles. The fourth-order valence-corrected chi connectivity index (χ4v) is 2.62. The second kappa shape index (κ2) is 7.36. The third-order valence-electron chi connectivity index (χ3n) is 3.72. The van der Waals surface area contributed by atoms with Crippen molar-refractivity contribution in [3.8, 4) is 0 Å². The van der Waals surface area contributed by atoms with Crippen molar-refractivity contribution in [1.82, 2.24) is 10.3 Å². The highest BCUT2D eigenvalue weighted by atomic mass is 16.5. The molecule has 2 aromatic rings. The summed E-state index contributed by atoms with van der Waals surface area (Å²) < 4.78 is 5.40. The van der Waals surface area contributed by atoms with Crippen molar-refractivity contribution < 1.29 is 4.74 Å². The SMILES string of the molecule is CCNC(Cc1ccnc2ccccc12)CC(C)OC. The number of pyridine rings is 1. The summed E-state index contributed by atoms with van der Waals surface area (Å²) in [5.74, 6) is 0. The number of rotatable bonds is 7. The van der Waals surface area contributed by atoms with Crippen LogP contribution in [0.5, 0.6) is 0 Å². The summed E-state index contributed by atoms with van der Waals surface area (Å²) in [6, 6.07) is 10.9. The van der Waals surface area contributed by atoms with E-state index < -0.39 is 0 Å². The van der Waals surface area contributed by atoms with Crippen LogP contribution in [0.1, 0.15) is 25.8 Å². The maximum atomic E-state index is 5.40. The number of ether oxygens (including phenoxy) is 1. The normalized spacial score (nSPS) is 14.3. The second-order valence-corrected chi connectivity index (χ2v) is 5.23. The molecule has 1 aromatic heterocycles. The van der Waals surface area contributed by atoms with Crippen molar-refractivity contribution in [3.63, 3.8) is 0 Å². The number of hydrogen-bond acceptors (Lipinski definition) is 3. The van der Waals surface area contributed by atoms with Gasteiger partial charge in [0.25, 0.3) is 0 Å². The molecule has 0 spiro atoms. The molecule has 2 unspecified atom stereocenters. The first kappa shape index (κ1) is 14.9. The van der Waals surface area contributed by atoms with Crippen LogP contribution in [-0.4, -0.2) is 30.8 Å². The molecule has 1 heterocycles. The van der Waals surface area contributed by atoms with Gasteiger partial charge >= 0.3 is 0 Å². The molecule has 2 rings (SSSR count). The Bertz CT molecular complexity index is 536. The summed E-state index contributed by atoms with van der Waals surface area (Å²) in [4.78, 5) is 4.43. The number of fused-ring (bicyclic) bond motifs is 1. The summed E-state index contributed by atoms with van der Waals surface area (Å²) in [5, 5.41) is 4.81. The lowest BCUT2D eigenvalue weighted by atomic mass is 9.98. The summed E-state index contributed by atoms with van der Waals surface area (Å²) >= 11 is 0. The van der Waals surface area contributed by atoms with Gasteiger partial charge in [0.15, 0.2) is 0 Å². The van der Waals surface area contributed by atoms with Crippen LogP contribution in [0.3, 0.4) is 0 Å². The average Bonchev–Trinajstić information content (AvgIpc) is 2.47. The van der Waals surface area contributed by atoms with Gasteiger partial charge < -0.3 is 10.1 Å². The topological polar surface area (TPSA) is 34.2 Å². The molecule has 0 saturated heterocycles. The lowest BCUT2D eigenvalue weighted by Gasteiger charge is -2.21. The Kier molecular flexibility index (Phi) is 5.50. The van der Waals surface area contributed by atoms with Crippen molar-refractivity contribution in [3.05, 3.63) is 42.1 Å². The fraction of sp³-hybridized carbons (Fsp3) is 0.471. The number of benzene rings is 1. The van der Waals surface area contributed by atoms with E-state index in [-0.39, 0.29) is 6.10 Å². The molecule has 3 heteroatoms. The van der Waals surface area contributed by atoms with Gasteiger partial charge in [0.2, 0.25) is 0 Å². The molecule has 108 valence electrons. The number of nitrogens with zero attached hydrogens (tertiary/aromatic N) is 1. The average molecular weight is 272 g/mol. The van der Waals surface area contributed by atoms with Crippen LogP contribution in [-0.2, 0) is 11.2 Å². The smallest absolute Gasteiger partial charge is 0.0704 e. The van der Waals surface area contributed by atoms with Crippen molar-refractivity contribution in [1.29, 1.82) is 0 Å². The van der Waals surface area contributed by atoms with Gasteiger partial charge in [0.1, 0.15) is 0 Å². The lowest BCUT2D eigenvalue weighted by molar-refractivity contribution is 0.101. The van der Waals surface area contributed by atoms with Crippen molar-refractivity contribution in [2.75, 3.05) is 13.7 Å². The van der Waals surface area contributed by atoms with Gasteiger partial charge in [-0.1, -0.05) is 25.1 Å². The molecule has 20 heavy (non-hydrogen) atoms. The van der Waals surface area contributed by atoms with Crippen LogP contribution >= 0.6 is 0 Å². The Hall–Kier alpha value is -1.45. The standard InChI is InChI=1S/C17H24N2O/c1-4-18-15(11-13(2)20-3)12-14-9-10-19-17-8-6-5-7-16(14)17/h5-10,13,15,18H,4,11-12H2,1-3H3. The molecule has 0 amide bonds. The largest absolute Gasteiger partial charge is 0.382 e. The zero-order valence-corrected chi connectivity index (χ0v) is 12.6. The van der Waals surface area contributed by atoms with Gasteiger partial charge in [0, 0.05) is 24.7 Å². The maximum Gasteiger partial charge on any atom is 0.0704 e. The molecule has 0 radical (unpaired) electrons. The minimum Gasteiger partial charge on any atom is -0.382 e. The Labute approximate surface area is 121 Å².